The summed E-state index contributed by atoms with van der Waals surface area (Å²) < 4.78 is 1.96. The number of nitrogens with two attached hydrogens (primary N) is 1. The first-order valence-electron chi connectivity index (χ1n) is 4.62. The van der Waals surface area contributed by atoms with E-state index in [1.54, 1.807) is 23.9 Å². The SMILES string of the molecule is Cn1cncc1C(Cc1nccs1)NN. The van der Waals surface area contributed by atoms with Crippen molar-refractivity contribution in [2.75, 3.05) is 0 Å². The molecule has 6 heteroatoms. The Bertz CT molecular complexity index is 408. The van der Waals surface area contributed by atoms with Gasteiger partial charge < -0.3 is 4.57 Å². The molecule has 2 rings (SSSR count). The molecule has 0 amide bonds. The van der Waals surface area contributed by atoms with Gasteiger partial charge in [-0.2, -0.15) is 0 Å². The molecule has 0 fully saturated rings. The number of aryl methyl sites for hydroxylation is 1. The van der Waals surface area contributed by atoms with E-state index in [0.29, 0.717) is 0 Å². The lowest BCUT2D eigenvalue weighted by molar-refractivity contribution is 0.521. The number of hydrogen-bond donors (Lipinski definition) is 2. The number of nitrogens with one attached hydrogen (secondary N) is 1. The first kappa shape index (κ1) is 10.3. The van der Waals surface area contributed by atoms with Gasteiger partial charge in [0, 0.05) is 31.2 Å². The van der Waals surface area contributed by atoms with E-state index in [4.69, 9.17) is 5.84 Å². The average Bonchev–Trinajstić information content (AvgIpc) is 2.85. The number of nitrogens with zero attached hydrogens (tertiary/aromatic N) is 3. The average molecular weight is 223 g/mol. The topological polar surface area (TPSA) is 68.8 Å². The highest BCUT2D eigenvalue weighted by atomic mass is 32.1. The van der Waals surface area contributed by atoms with Crippen molar-refractivity contribution in [2.45, 2.75) is 12.5 Å². The predicted octanol–water partition coefficient (Wildman–Crippen LogP) is 0.624. The van der Waals surface area contributed by atoms with E-state index in [0.717, 1.165) is 17.1 Å². The zero-order chi connectivity index (χ0) is 10.7. The molecule has 0 aromatic carbocycles. The number of hydrogen-bond acceptors (Lipinski definition) is 5. The van der Waals surface area contributed by atoms with Crippen LogP contribution in [0.25, 0.3) is 0 Å². The van der Waals surface area contributed by atoms with Crippen LogP contribution in [0.4, 0.5) is 0 Å². The van der Waals surface area contributed by atoms with Gasteiger partial charge in [0.25, 0.3) is 0 Å². The minimum Gasteiger partial charge on any atom is -0.336 e. The van der Waals surface area contributed by atoms with Crippen molar-refractivity contribution in [1.82, 2.24) is 20.0 Å². The first-order chi connectivity index (χ1) is 7.31. The van der Waals surface area contributed by atoms with E-state index in [1.165, 1.54) is 0 Å². The van der Waals surface area contributed by atoms with Gasteiger partial charge in [-0.25, -0.2) is 9.97 Å². The van der Waals surface area contributed by atoms with Crippen LogP contribution in [0.15, 0.2) is 24.1 Å². The normalized spacial score (nSPS) is 12.9. The fraction of sp³-hybridized carbons (Fsp3) is 0.333. The van der Waals surface area contributed by atoms with Gasteiger partial charge in [-0.1, -0.05) is 0 Å². The molecule has 0 radical (unpaired) electrons. The van der Waals surface area contributed by atoms with E-state index < -0.39 is 0 Å². The molecule has 3 N–H and O–H groups in total. The Morgan fingerprint density at radius 2 is 2.53 bits per heavy atom. The second-order valence-electron chi connectivity index (χ2n) is 3.28. The van der Waals surface area contributed by atoms with Crippen LogP contribution in [0.1, 0.15) is 16.7 Å². The highest BCUT2D eigenvalue weighted by Crippen LogP contribution is 2.17. The highest BCUT2D eigenvalue weighted by molar-refractivity contribution is 7.09. The van der Waals surface area contributed by atoms with Crippen LogP contribution in [-0.4, -0.2) is 14.5 Å². The number of thiazole rings is 1. The summed E-state index contributed by atoms with van der Waals surface area (Å²) in [5, 5.41) is 3.03. The predicted molar refractivity (Wildman–Crippen MR) is 59.1 cm³/mol. The number of imidazole rings is 1. The summed E-state index contributed by atoms with van der Waals surface area (Å²) in [5.74, 6) is 5.54. The zero-order valence-corrected chi connectivity index (χ0v) is 9.24. The minimum atomic E-state index is 0.0589. The fourth-order valence-corrected chi connectivity index (χ4v) is 2.14. The molecule has 2 heterocycles. The Morgan fingerprint density at radius 3 is 3.07 bits per heavy atom. The Morgan fingerprint density at radius 1 is 1.67 bits per heavy atom. The monoisotopic (exact) mass is 223 g/mol. The van der Waals surface area contributed by atoms with E-state index in [1.807, 2.05) is 23.2 Å². The Labute approximate surface area is 91.9 Å². The van der Waals surface area contributed by atoms with Crippen molar-refractivity contribution in [1.29, 1.82) is 0 Å². The number of aromatic nitrogens is 3. The third kappa shape index (κ3) is 2.23. The molecule has 0 spiro atoms. The number of hydrazine groups is 1. The molecule has 1 atom stereocenters. The van der Waals surface area contributed by atoms with Crippen LogP contribution in [-0.2, 0) is 13.5 Å². The van der Waals surface area contributed by atoms with Crippen LogP contribution in [0, 0.1) is 0 Å². The summed E-state index contributed by atoms with van der Waals surface area (Å²) in [6, 6.07) is 0.0589. The van der Waals surface area contributed by atoms with Gasteiger partial charge in [-0.05, 0) is 0 Å². The summed E-state index contributed by atoms with van der Waals surface area (Å²) in [6.45, 7) is 0. The Kier molecular flexibility index (Phi) is 3.10. The highest BCUT2D eigenvalue weighted by Gasteiger charge is 2.14. The molecule has 0 bridgehead atoms. The zero-order valence-electron chi connectivity index (χ0n) is 8.42. The lowest BCUT2D eigenvalue weighted by atomic mass is 10.1. The molecular weight excluding hydrogens is 210 g/mol. The minimum absolute atomic E-state index is 0.0589. The summed E-state index contributed by atoms with van der Waals surface area (Å²) in [4.78, 5) is 8.31. The second kappa shape index (κ2) is 4.52. The van der Waals surface area contributed by atoms with E-state index in [9.17, 15) is 0 Å². The molecule has 0 aliphatic carbocycles. The quantitative estimate of drug-likeness (QED) is 0.589. The lowest BCUT2D eigenvalue weighted by Crippen LogP contribution is -2.30. The van der Waals surface area contributed by atoms with E-state index in [-0.39, 0.29) is 6.04 Å². The third-order valence-corrected chi connectivity index (χ3v) is 3.08. The van der Waals surface area contributed by atoms with Crippen molar-refractivity contribution >= 4 is 11.3 Å². The molecule has 0 aliphatic heterocycles. The summed E-state index contributed by atoms with van der Waals surface area (Å²) in [7, 11) is 1.95. The molecule has 0 aliphatic rings. The molecule has 2 aromatic rings. The van der Waals surface area contributed by atoms with Crippen LogP contribution >= 0.6 is 11.3 Å². The number of rotatable bonds is 4. The van der Waals surface area contributed by atoms with Crippen molar-refractivity contribution in [3.05, 3.63) is 34.8 Å². The van der Waals surface area contributed by atoms with Crippen molar-refractivity contribution < 1.29 is 0 Å². The largest absolute Gasteiger partial charge is 0.336 e. The van der Waals surface area contributed by atoms with Gasteiger partial charge in [0.2, 0.25) is 0 Å². The molecule has 5 nitrogen and oxygen atoms in total. The van der Waals surface area contributed by atoms with Gasteiger partial charge in [-0.3, -0.25) is 11.3 Å². The second-order valence-corrected chi connectivity index (χ2v) is 4.26. The van der Waals surface area contributed by atoms with Gasteiger partial charge in [0.15, 0.2) is 0 Å². The lowest BCUT2D eigenvalue weighted by Gasteiger charge is -2.14. The summed E-state index contributed by atoms with van der Waals surface area (Å²) in [5.41, 5.74) is 3.85. The summed E-state index contributed by atoms with van der Waals surface area (Å²) in [6.07, 6.45) is 6.17. The van der Waals surface area contributed by atoms with Crippen LogP contribution in [0.2, 0.25) is 0 Å². The van der Waals surface area contributed by atoms with Gasteiger partial charge in [0.05, 0.1) is 23.1 Å². The van der Waals surface area contributed by atoms with Crippen molar-refractivity contribution in [3.8, 4) is 0 Å². The smallest absolute Gasteiger partial charge is 0.0946 e. The van der Waals surface area contributed by atoms with E-state index in [2.05, 4.69) is 15.4 Å². The van der Waals surface area contributed by atoms with Gasteiger partial charge >= 0.3 is 0 Å². The first-order valence-corrected chi connectivity index (χ1v) is 5.50. The van der Waals surface area contributed by atoms with Gasteiger partial charge in [-0.15, -0.1) is 11.3 Å². The third-order valence-electron chi connectivity index (χ3n) is 2.27. The van der Waals surface area contributed by atoms with Crippen LogP contribution < -0.4 is 11.3 Å². The Hall–Kier alpha value is -1.24. The van der Waals surface area contributed by atoms with Crippen LogP contribution in [0.3, 0.4) is 0 Å². The van der Waals surface area contributed by atoms with E-state index >= 15 is 0 Å². The molecule has 80 valence electrons. The maximum atomic E-state index is 5.54. The standard InChI is InChI=1S/C9H13N5S/c1-14-6-11-5-8(14)7(13-10)4-9-12-2-3-15-9/h2-3,5-7,13H,4,10H2,1H3. The fourth-order valence-electron chi connectivity index (χ4n) is 1.48. The summed E-state index contributed by atoms with van der Waals surface area (Å²) >= 11 is 1.63. The maximum absolute atomic E-state index is 5.54. The maximum Gasteiger partial charge on any atom is 0.0946 e. The molecular formula is C9H13N5S. The van der Waals surface area contributed by atoms with Crippen molar-refractivity contribution in [3.63, 3.8) is 0 Å². The molecule has 15 heavy (non-hydrogen) atoms. The van der Waals surface area contributed by atoms with Gasteiger partial charge in [0.1, 0.15) is 0 Å². The van der Waals surface area contributed by atoms with Crippen molar-refractivity contribution in [2.24, 2.45) is 12.9 Å². The van der Waals surface area contributed by atoms with Crippen LogP contribution in [0.5, 0.6) is 0 Å². The Balaban J connectivity index is 2.15. The molecule has 0 saturated carbocycles. The molecule has 2 aromatic heterocycles. The molecule has 0 saturated heterocycles. The molecule has 1 unspecified atom stereocenters.